The number of aryl methyl sites for hydroxylation is 2. The average molecular weight is 387 g/mol. The van der Waals surface area contributed by atoms with Crippen molar-refractivity contribution in [2.75, 3.05) is 4.90 Å². The summed E-state index contributed by atoms with van der Waals surface area (Å²) in [4.78, 5) is 26.5. The Morgan fingerprint density at radius 1 is 1.15 bits per heavy atom. The first kappa shape index (κ1) is 18.1. The summed E-state index contributed by atoms with van der Waals surface area (Å²) >= 11 is 11.1. The number of amides is 2. The van der Waals surface area contributed by atoms with Gasteiger partial charge in [0.15, 0.2) is 5.11 Å². The first-order valence-corrected chi connectivity index (χ1v) is 8.54. The molecule has 7 heteroatoms. The van der Waals surface area contributed by atoms with Crippen LogP contribution < -0.4 is 10.2 Å². The molecular weight excluding hydrogens is 372 g/mol. The maximum Gasteiger partial charge on any atom is 0.270 e. The molecule has 1 heterocycles. The molecule has 5 nitrogen and oxygen atoms in total. The number of rotatable bonds is 2. The van der Waals surface area contributed by atoms with Gasteiger partial charge in [-0.1, -0.05) is 17.7 Å². The van der Waals surface area contributed by atoms with Crippen molar-refractivity contribution >= 4 is 52.5 Å². The molecule has 0 aromatic heterocycles. The third-order valence-electron chi connectivity index (χ3n) is 3.99. The minimum Gasteiger partial charge on any atom is -0.507 e. The fourth-order valence-corrected chi connectivity index (χ4v) is 3.21. The molecule has 0 spiro atoms. The number of nitrogens with one attached hydrogen (secondary N) is 1. The summed E-state index contributed by atoms with van der Waals surface area (Å²) in [5.74, 6) is -0.917. The van der Waals surface area contributed by atoms with Crippen molar-refractivity contribution < 1.29 is 14.7 Å². The van der Waals surface area contributed by atoms with Crippen molar-refractivity contribution in [1.29, 1.82) is 0 Å². The highest BCUT2D eigenvalue weighted by atomic mass is 35.5. The second kappa shape index (κ2) is 6.90. The third-order valence-corrected chi connectivity index (χ3v) is 4.51. The molecule has 0 aliphatic carbocycles. The fraction of sp³-hybridized carbons (Fsp3) is 0.105. The Kier molecular flexibility index (Phi) is 4.80. The minimum absolute atomic E-state index is 0.00233. The van der Waals surface area contributed by atoms with E-state index in [1.165, 1.54) is 11.0 Å². The average Bonchev–Trinajstić information content (AvgIpc) is 2.56. The smallest absolute Gasteiger partial charge is 0.270 e. The summed E-state index contributed by atoms with van der Waals surface area (Å²) < 4.78 is 0. The van der Waals surface area contributed by atoms with Gasteiger partial charge in [0.05, 0.1) is 5.69 Å². The Balaban J connectivity index is 2.06. The molecule has 2 aromatic rings. The summed E-state index contributed by atoms with van der Waals surface area (Å²) in [5.41, 5.74) is 2.36. The van der Waals surface area contributed by atoms with Crippen molar-refractivity contribution in [2.45, 2.75) is 13.8 Å². The van der Waals surface area contributed by atoms with E-state index >= 15 is 0 Å². The first-order valence-electron chi connectivity index (χ1n) is 7.75. The summed E-state index contributed by atoms with van der Waals surface area (Å²) in [6.07, 6.45) is 1.48. The lowest BCUT2D eigenvalue weighted by Gasteiger charge is -2.29. The van der Waals surface area contributed by atoms with Crippen LogP contribution in [0.4, 0.5) is 5.69 Å². The van der Waals surface area contributed by atoms with E-state index in [9.17, 15) is 14.7 Å². The van der Waals surface area contributed by atoms with Crippen LogP contribution in [0.3, 0.4) is 0 Å². The fourth-order valence-electron chi connectivity index (χ4n) is 2.75. The van der Waals surface area contributed by atoms with E-state index in [0.717, 1.165) is 0 Å². The van der Waals surface area contributed by atoms with Crippen LogP contribution in [0.15, 0.2) is 42.0 Å². The van der Waals surface area contributed by atoms with Crippen LogP contribution in [0, 0.1) is 13.8 Å². The van der Waals surface area contributed by atoms with Crippen LogP contribution in [0.2, 0.25) is 5.02 Å². The molecule has 0 radical (unpaired) electrons. The number of benzene rings is 2. The summed E-state index contributed by atoms with van der Waals surface area (Å²) in [6.45, 7) is 3.50. The maximum atomic E-state index is 12.9. The lowest BCUT2D eigenvalue weighted by atomic mass is 10.0. The second-order valence-corrected chi connectivity index (χ2v) is 6.76. The van der Waals surface area contributed by atoms with Gasteiger partial charge in [0, 0.05) is 5.02 Å². The zero-order chi connectivity index (χ0) is 19.0. The number of phenolic OH excluding ortho intramolecular Hbond substituents is 1. The molecule has 26 heavy (non-hydrogen) atoms. The van der Waals surface area contributed by atoms with Gasteiger partial charge in [0.25, 0.3) is 11.8 Å². The monoisotopic (exact) mass is 386 g/mol. The predicted octanol–water partition coefficient (Wildman–Crippen LogP) is 3.49. The van der Waals surface area contributed by atoms with E-state index in [1.807, 2.05) is 0 Å². The maximum absolute atomic E-state index is 12.9. The number of aromatic hydroxyl groups is 1. The molecule has 2 aromatic carbocycles. The third kappa shape index (κ3) is 3.34. The Morgan fingerprint density at radius 3 is 2.42 bits per heavy atom. The van der Waals surface area contributed by atoms with Crippen LogP contribution in [0.5, 0.6) is 5.75 Å². The topological polar surface area (TPSA) is 69.6 Å². The van der Waals surface area contributed by atoms with Gasteiger partial charge < -0.3 is 5.11 Å². The molecule has 1 fully saturated rings. The zero-order valence-electron chi connectivity index (χ0n) is 14.0. The molecule has 1 saturated heterocycles. The summed E-state index contributed by atoms with van der Waals surface area (Å²) in [7, 11) is 0. The molecule has 1 aliphatic heterocycles. The lowest BCUT2D eigenvalue weighted by molar-refractivity contribution is -0.122. The number of carbonyl (C=O) groups is 2. The predicted molar refractivity (Wildman–Crippen MR) is 105 cm³/mol. The van der Waals surface area contributed by atoms with Crippen molar-refractivity contribution in [3.63, 3.8) is 0 Å². The van der Waals surface area contributed by atoms with Crippen molar-refractivity contribution in [3.8, 4) is 5.75 Å². The largest absolute Gasteiger partial charge is 0.507 e. The number of phenols is 1. The van der Waals surface area contributed by atoms with Crippen LogP contribution in [0.25, 0.3) is 6.08 Å². The van der Waals surface area contributed by atoms with Gasteiger partial charge in [-0.25, -0.2) is 0 Å². The van der Waals surface area contributed by atoms with Gasteiger partial charge in [-0.05, 0) is 79.2 Å². The van der Waals surface area contributed by atoms with E-state index in [-0.39, 0.29) is 16.4 Å². The van der Waals surface area contributed by atoms with E-state index in [1.54, 1.807) is 50.2 Å². The Bertz CT molecular complexity index is 961. The standard InChI is InChI=1S/C19H15ClN2O3S/c1-10-6-12(7-11(2)16(10)23)8-15-17(24)21-19(26)22(18(15)25)14-5-3-4-13(20)9-14/h3-9,23H,1-2H3,(H,21,24,26). The molecule has 3 rings (SSSR count). The van der Waals surface area contributed by atoms with Crippen LogP contribution in [-0.4, -0.2) is 22.0 Å². The Morgan fingerprint density at radius 2 is 1.81 bits per heavy atom. The zero-order valence-corrected chi connectivity index (χ0v) is 15.6. The van der Waals surface area contributed by atoms with Crippen molar-refractivity contribution in [3.05, 3.63) is 63.7 Å². The highest BCUT2D eigenvalue weighted by molar-refractivity contribution is 7.80. The van der Waals surface area contributed by atoms with E-state index in [4.69, 9.17) is 23.8 Å². The van der Waals surface area contributed by atoms with E-state index < -0.39 is 11.8 Å². The summed E-state index contributed by atoms with van der Waals surface area (Å²) in [6, 6.07) is 10.1. The van der Waals surface area contributed by atoms with Gasteiger partial charge in [0.2, 0.25) is 0 Å². The van der Waals surface area contributed by atoms with Crippen LogP contribution >= 0.6 is 23.8 Å². The number of anilines is 1. The molecule has 0 unspecified atom stereocenters. The number of thiocarbonyl (C=S) groups is 1. The minimum atomic E-state index is -0.568. The molecule has 1 aliphatic rings. The highest BCUT2D eigenvalue weighted by Gasteiger charge is 2.34. The number of carbonyl (C=O) groups excluding carboxylic acids is 2. The van der Waals surface area contributed by atoms with Gasteiger partial charge >= 0.3 is 0 Å². The summed E-state index contributed by atoms with van der Waals surface area (Å²) in [5, 5.41) is 12.9. The molecule has 0 atom stereocenters. The van der Waals surface area contributed by atoms with Gasteiger partial charge in [-0.3, -0.25) is 19.8 Å². The second-order valence-electron chi connectivity index (χ2n) is 5.94. The van der Waals surface area contributed by atoms with Crippen LogP contribution in [-0.2, 0) is 9.59 Å². The SMILES string of the molecule is Cc1cc(C=C2C(=O)NC(=S)N(c3cccc(Cl)c3)C2=O)cc(C)c1O. The molecule has 132 valence electrons. The van der Waals surface area contributed by atoms with Gasteiger partial charge in [-0.15, -0.1) is 0 Å². The molecule has 0 bridgehead atoms. The van der Waals surface area contributed by atoms with Gasteiger partial charge in [0.1, 0.15) is 11.3 Å². The Labute approximate surface area is 160 Å². The number of hydrogen-bond acceptors (Lipinski definition) is 4. The van der Waals surface area contributed by atoms with Crippen molar-refractivity contribution in [1.82, 2.24) is 5.32 Å². The van der Waals surface area contributed by atoms with Crippen LogP contribution in [0.1, 0.15) is 16.7 Å². The number of hydrogen-bond donors (Lipinski definition) is 2. The quantitative estimate of drug-likeness (QED) is 0.471. The van der Waals surface area contributed by atoms with E-state index in [0.29, 0.717) is 27.4 Å². The molecule has 2 N–H and O–H groups in total. The Hall–Kier alpha value is -2.70. The lowest BCUT2D eigenvalue weighted by Crippen LogP contribution is -2.54. The normalized spacial score (nSPS) is 16.2. The highest BCUT2D eigenvalue weighted by Crippen LogP contribution is 2.27. The first-order chi connectivity index (χ1) is 12.3. The molecule has 2 amide bonds. The number of halogens is 1. The number of nitrogens with zero attached hydrogens (tertiary/aromatic N) is 1. The van der Waals surface area contributed by atoms with Gasteiger partial charge in [-0.2, -0.15) is 0 Å². The molecule has 0 saturated carbocycles. The van der Waals surface area contributed by atoms with Crippen molar-refractivity contribution in [2.24, 2.45) is 0 Å². The molecular formula is C19H15ClN2O3S. The van der Waals surface area contributed by atoms with E-state index in [2.05, 4.69) is 5.32 Å².